The van der Waals surface area contributed by atoms with Crippen molar-refractivity contribution in [3.63, 3.8) is 0 Å². The molecule has 2 heteroatoms. The van der Waals surface area contributed by atoms with E-state index in [0.717, 1.165) is 28.9 Å². The SMILES string of the molecule is O=C(Cl)c1ccc(C#Cc2ccccc2)c(C23CC4CC(CC(C4)C2)C3)c1. The summed E-state index contributed by atoms with van der Waals surface area (Å²) in [6.07, 6.45) is 7.95. The summed E-state index contributed by atoms with van der Waals surface area (Å²) in [5.41, 5.74) is 4.16. The predicted octanol–water partition coefficient (Wildman–Crippen LogP) is 5.93. The molecule has 6 rings (SSSR count). The predicted molar refractivity (Wildman–Crippen MR) is 109 cm³/mol. The van der Waals surface area contributed by atoms with Crippen LogP contribution in [-0.4, -0.2) is 5.24 Å². The Hall–Kier alpha value is -2.04. The number of halogens is 1. The monoisotopic (exact) mass is 374 g/mol. The lowest BCUT2D eigenvalue weighted by Gasteiger charge is -2.57. The van der Waals surface area contributed by atoms with Crippen molar-refractivity contribution in [3.8, 4) is 11.8 Å². The maximum Gasteiger partial charge on any atom is 0.252 e. The minimum Gasteiger partial charge on any atom is -0.276 e. The van der Waals surface area contributed by atoms with Gasteiger partial charge in [-0.2, -0.15) is 0 Å². The van der Waals surface area contributed by atoms with Crippen LogP contribution in [0, 0.1) is 29.6 Å². The van der Waals surface area contributed by atoms with E-state index in [1.54, 1.807) is 0 Å². The largest absolute Gasteiger partial charge is 0.276 e. The summed E-state index contributed by atoms with van der Waals surface area (Å²) in [7, 11) is 0. The van der Waals surface area contributed by atoms with Gasteiger partial charge in [0.05, 0.1) is 0 Å². The highest BCUT2D eigenvalue weighted by atomic mass is 35.5. The Morgan fingerprint density at radius 1 is 0.889 bits per heavy atom. The Bertz CT molecular complexity index is 912. The standard InChI is InChI=1S/C25H23ClO/c26-24(27)22-9-8-21(7-6-17-4-2-1-3-5-17)23(13-22)25-14-18-10-19(15-25)12-20(11-18)16-25/h1-5,8-9,13,18-20H,10-12,14-16H2. The zero-order valence-corrected chi connectivity index (χ0v) is 16.1. The quantitative estimate of drug-likeness (QED) is 0.470. The fraction of sp³-hybridized carbons (Fsp3) is 0.400. The molecule has 136 valence electrons. The second-order valence-corrected chi connectivity index (χ2v) is 9.19. The van der Waals surface area contributed by atoms with E-state index in [1.807, 2.05) is 42.5 Å². The molecule has 27 heavy (non-hydrogen) atoms. The third-order valence-electron chi connectivity index (χ3n) is 6.97. The van der Waals surface area contributed by atoms with Gasteiger partial charge in [0.25, 0.3) is 5.24 Å². The molecule has 0 unspecified atom stereocenters. The van der Waals surface area contributed by atoms with Gasteiger partial charge in [0.1, 0.15) is 0 Å². The van der Waals surface area contributed by atoms with Crippen LogP contribution in [0.3, 0.4) is 0 Å². The molecule has 0 amide bonds. The Kier molecular flexibility index (Phi) is 4.14. The van der Waals surface area contributed by atoms with E-state index in [1.165, 1.54) is 44.1 Å². The molecule has 4 bridgehead atoms. The van der Waals surface area contributed by atoms with Gasteiger partial charge in [0, 0.05) is 16.7 Å². The normalized spacial score (nSPS) is 30.6. The van der Waals surface area contributed by atoms with Crippen LogP contribution in [0.15, 0.2) is 48.5 Å². The molecule has 1 nitrogen and oxygen atoms in total. The van der Waals surface area contributed by atoms with Crippen molar-refractivity contribution in [2.45, 2.75) is 43.9 Å². The fourth-order valence-electron chi connectivity index (χ4n) is 6.32. The number of carbonyl (C=O) groups excluding carboxylic acids is 1. The summed E-state index contributed by atoms with van der Waals surface area (Å²) >= 11 is 5.83. The first-order chi connectivity index (χ1) is 13.1. The summed E-state index contributed by atoms with van der Waals surface area (Å²) in [4.78, 5) is 11.8. The highest BCUT2D eigenvalue weighted by molar-refractivity contribution is 6.67. The van der Waals surface area contributed by atoms with Crippen LogP contribution in [-0.2, 0) is 5.41 Å². The fourth-order valence-corrected chi connectivity index (χ4v) is 6.43. The summed E-state index contributed by atoms with van der Waals surface area (Å²) in [5, 5.41) is -0.372. The molecule has 4 aliphatic carbocycles. The number of hydrogen-bond donors (Lipinski definition) is 0. The maximum atomic E-state index is 11.8. The first kappa shape index (κ1) is 17.1. The van der Waals surface area contributed by atoms with Gasteiger partial charge in [-0.15, -0.1) is 0 Å². The minimum absolute atomic E-state index is 0.192. The molecule has 4 fully saturated rings. The van der Waals surface area contributed by atoms with E-state index in [9.17, 15) is 4.79 Å². The van der Waals surface area contributed by atoms with E-state index >= 15 is 0 Å². The molecule has 2 aromatic rings. The highest BCUT2D eigenvalue weighted by Gasteiger charge is 2.52. The molecule has 4 aliphatic rings. The van der Waals surface area contributed by atoms with E-state index in [-0.39, 0.29) is 10.7 Å². The third-order valence-corrected chi connectivity index (χ3v) is 7.19. The van der Waals surface area contributed by atoms with Gasteiger partial charge in [-0.05, 0) is 109 Å². The molecule has 0 spiro atoms. The van der Waals surface area contributed by atoms with Crippen molar-refractivity contribution in [2.24, 2.45) is 17.8 Å². The topological polar surface area (TPSA) is 17.1 Å². The third kappa shape index (κ3) is 3.11. The lowest BCUT2D eigenvalue weighted by Crippen LogP contribution is -2.48. The Balaban J connectivity index is 1.61. The van der Waals surface area contributed by atoms with Crippen molar-refractivity contribution >= 4 is 16.8 Å². The molecule has 2 aromatic carbocycles. The van der Waals surface area contributed by atoms with Crippen LogP contribution >= 0.6 is 11.6 Å². The number of benzene rings is 2. The Morgan fingerprint density at radius 2 is 1.52 bits per heavy atom. The first-order valence-corrected chi connectivity index (χ1v) is 10.4. The van der Waals surface area contributed by atoms with Crippen LogP contribution in [0.25, 0.3) is 0 Å². The molecular weight excluding hydrogens is 352 g/mol. The van der Waals surface area contributed by atoms with E-state index in [4.69, 9.17) is 11.6 Å². The van der Waals surface area contributed by atoms with Gasteiger partial charge in [-0.3, -0.25) is 4.79 Å². The Morgan fingerprint density at radius 3 is 2.11 bits per heavy atom. The maximum absolute atomic E-state index is 11.8. The molecular formula is C25H23ClO. The molecule has 0 radical (unpaired) electrons. The molecule has 0 atom stereocenters. The van der Waals surface area contributed by atoms with Crippen molar-refractivity contribution in [1.82, 2.24) is 0 Å². The van der Waals surface area contributed by atoms with Crippen molar-refractivity contribution < 1.29 is 4.79 Å². The molecule has 0 heterocycles. The lowest BCUT2D eigenvalue weighted by atomic mass is 9.47. The second kappa shape index (κ2) is 6.54. The van der Waals surface area contributed by atoms with E-state index in [2.05, 4.69) is 17.9 Å². The summed E-state index contributed by atoms with van der Waals surface area (Å²) < 4.78 is 0. The minimum atomic E-state index is -0.372. The molecule has 0 saturated heterocycles. The Labute approximate surface area is 166 Å². The summed E-state index contributed by atoms with van der Waals surface area (Å²) in [6.45, 7) is 0. The molecule has 0 aliphatic heterocycles. The number of carbonyl (C=O) groups is 1. The van der Waals surface area contributed by atoms with Crippen molar-refractivity contribution in [1.29, 1.82) is 0 Å². The smallest absolute Gasteiger partial charge is 0.252 e. The van der Waals surface area contributed by atoms with Crippen LogP contribution in [0.1, 0.15) is 65.6 Å². The second-order valence-electron chi connectivity index (χ2n) is 8.85. The van der Waals surface area contributed by atoms with Crippen molar-refractivity contribution in [2.75, 3.05) is 0 Å². The van der Waals surface area contributed by atoms with E-state index < -0.39 is 0 Å². The van der Waals surface area contributed by atoms with Gasteiger partial charge in [-0.25, -0.2) is 0 Å². The lowest BCUT2D eigenvalue weighted by molar-refractivity contribution is -0.00531. The van der Waals surface area contributed by atoms with Gasteiger partial charge in [0.2, 0.25) is 0 Å². The van der Waals surface area contributed by atoms with Gasteiger partial charge >= 0.3 is 0 Å². The molecule has 0 N–H and O–H groups in total. The number of hydrogen-bond acceptors (Lipinski definition) is 1. The average molecular weight is 375 g/mol. The van der Waals surface area contributed by atoms with Gasteiger partial charge < -0.3 is 0 Å². The van der Waals surface area contributed by atoms with E-state index in [0.29, 0.717) is 5.56 Å². The summed E-state index contributed by atoms with van der Waals surface area (Å²) in [6, 6.07) is 16.0. The number of rotatable bonds is 2. The zero-order valence-electron chi connectivity index (χ0n) is 15.4. The molecule has 4 saturated carbocycles. The van der Waals surface area contributed by atoms with Gasteiger partial charge in [0.15, 0.2) is 0 Å². The van der Waals surface area contributed by atoms with Crippen LogP contribution in [0.5, 0.6) is 0 Å². The van der Waals surface area contributed by atoms with Crippen LogP contribution in [0.4, 0.5) is 0 Å². The molecule has 0 aromatic heterocycles. The first-order valence-electron chi connectivity index (χ1n) is 10.0. The highest BCUT2D eigenvalue weighted by Crippen LogP contribution is 2.61. The average Bonchev–Trinajstić information content (AvgIpc) is 2.66. The van der Waals surface area contributed by atoms with Crippen LogP contribution in [0.2, 0.25) is 0 Å². The summed E-state index contributed by atoms with van der Waals surface area (Å²) in [5.74, 6) is 9.28. The van der Waals surface area contributed by atoms with Gasteiger partial charge in [-0.1, -0.05) is 30.0 Å². The van der Waals surface area contributed by atoms with Crippen LogP contribution < -0.4 is 0 Å². The van der Waals surface area contributed by atoms with Crippen molar-refractivity contribution in [3.05, 3.63) is 70.8 Å². The zero-order chi connectivity index (χ0) is 18.4.